The Morgan fingerprint density at radius 1 is 1.15 bits per heavy atom. The lowest BCUT2D eigenvalue weighted by Crippen LogP contribution is -2.37. The van der Waals surface area contributed by atoms with Crippen LogP contribution in [0.5, 0.6) is 0 Å². The van der Waals surface area contributed by atoms with Crippen molar-refractivity contribution in [1.82, 2.24) is 35.6 Å². The second kappa shape index (κ2) is 8.11. The Hall–Kier alpha value is -2.98. The van der Waals surface area contributed by atoms with Crippen molar-refractivity contribution in [1.29, 1.82) is 0 Å². The molecule has 3 aromatic rings. The van der Waals surface area contributed by atoms with Crippen molar-refractivity contribution in [3.63, 3.8) is 0 Å². The Balaban J connectivity index is 1.75. The lowest BCUT2D eigenvalue weighted by molar-refractivity contribution is 0.555. The SMILES string of the molecule is NS(=O)(=O)c1c(S(=O)(=O)N[C@@H]2CCNC2)ccc(N2CCc3ncccc32)c1-c1nnn[nH]1. The predicted molar refractivity (Wildman–Crippen MR) is 118 cm³/mol. The maximum atomic E-state index is 13.3. The van der Waals surface area contributed by atoms with E-state index < -0.39 is 29.8 Å². The first-order chi connectivity index (χ1) is 15.8. The summed E-state index contributed by atoms with van der Waals surface area (Å²) in [4.78, 5) is 5.18. The highest BCUT2D eigenvalue weighted by Crippen LogP contribution is 2.43. The lowest BCUT2D eigenvalue weighted by atomic mass is 10.1. The van der Waals surface area contributed by atoms with Crippen LogP contribution in [0, 0.1) is 0 Å². The number of anilines is 2. The summed E-state index contributed by atoms with van der Waals surface area (Å²) in [6.45, 7) is 1.60. The van der Waals surface area contributed by atoms with Crippen molar-refractivity contribution in [2.24, 2.45) is 5.14 Å². The fourth-order valence-electron chi connectivity index (χ4n) is 4.26. The molecule has 0 bridgehead atoms. The van der Waals surface area contributed by atoms with Gasteiger partial charge in [-0.2, -0.15) is 0 Å². The summed E-state index contributed by atoms with van der Waals surface area (Å²) in [5, 5.41) is 22.2. The highest BCUT2D eigenvalue weighted by Gasteiger charge is 2.35. The molecule has 0 radical (unpaired) electrons. The van der Waals surface area contributed by atoms with E-state index in [1.54, 1.807) is 12.3 Å². The average molecular weight is 492 g/mol. The number of hydrogen-bond donors (Lipinski definition) is 4. The van der Waals surface area contributed by atoms with Crippen LogP contribution in [0.1, 0.15) is 12.1 Å². The zero-order valence-corrected chi connectivity index (χ0v) is 18.9. The van der Waals surface area contributed by atoms with Gasteiger partial charge in [0.05, 0.1) is 22.6 Å². The van der Waals surface area contributed by atoms with Gasteiger partial charge in [-0.15, -0.1) is 5.10 Å². The summed E-state index contributed by atoms with van der Waals surface area (Å²) in [7, 11) is -8.76. The van der Waals surface area contributed by atoms with E-state index in [9.17, 15) is 16.8 Å². The zero-order valence-electron chi connectivity index (χ0n) is 17.3. The molecular formula is C18H21N9O4S2. The number of pyridine rings is 1. The Morgan fingerprint density at radius 2 is 2.00 bits per heavy atom. The van der Waals surface area contributed by atoms with Gasteiger partial charge in [-0.05, 0) is 47.7 Å². The number of hydrogen-bond acceptors (Lipinski definition) is 10. The Kier molecular flexibility index (Phi) is 5.37. The van der Waals surface area contributed by atoms with Crippen molar-refractivity contribution in [3.05, 3.63) is 36.2 Å². The van der Waals surface area contributed by atoms with Gasteiger partial charge >= 0.3 is 0 Å². The van der Waals surface area contributed by atoms with E-state index in [0.29, 0.717) is 38.2 Å². The van der Waals surface area contributed by atoms with E-state index in [4.69, 9.17) is 5.14 Å². The molecule has 5 N–H and O–H groups in total. The molecule has 0 spiro atoms. The smallest absolute Gasteiger partial charge is 0.242 e. The number of aromatic amines is 1. The van der Waals surface area contributed by atoms with Crippen LogP contribution in [-0.4, -0.2) is 68.1 Å². The molecule has 1 fully saturated rings. The number of benzene rings is 1. The molecule has 4 heterocycles. The summed E-state index contributed by atoms with van der Waals surface area (Å²) in [5.74, 6) is -0.0223. The second-order valence-electron chi connectivity index (χ2n) is 7.76. The third-order valence-electron chi connectivity index (χ3n) is 5.66. The molecule has 0 amide bonds. The Morgan fingerprint density at radius 3 is 2.70 bits per heavy atom. The number of nitrogens with zero attached hydrogens (tertiary/aromatic N) is 5. The van der Waals surface area contributed by atoms with E-state index >= 15 is 0 Å². The number of fused-ring (bicyclic) bond motifs is 1. The first kappa shape index (κ1) is 21.8. The molecule has 2 aliphatic heterocycles. The van der Waals surface area contributed by atoms with Crippen LogP contribution >= 0.6 is 0 Å². The standard InChI is InChI=1S/C18H21N9O4S2/c19-32(28,29)17-15(33(30,31)24-11-5-8-20-10-11)4-3-14(16(17)18-22-25-26-23-18)27-9-6-12-13(27)2-1-7-21-12/h1-4,7,11,20,24H,5-6,8-10H2,(H2,19,28,29)(H,22,23,25,26)/t11-/m1/s1. The van der Waals surface area contributed by atoms with Gasteiger partial charge in [0.15, 0.2) is 5.82 Å². The fourth-order valence-corrected chi connectivity index (χ4v) is 7.13. The predicted octanol–water partition coefficient (Wildman–Crippen LogP) is -0.756. The monoisotopic (exact) mass is 491 g/mol. The van der Waals surface area contributed by atoms with Gasteiger partial charge in [0, 0.05) is 31.7 Å². The fraction of sp³-hybridized carbons (Fsp3) is 0.333. The molecule has 0 unspecified atom stereocenters. The third kappa shape index (κ3) is 3.97. The number of aromatic nitrogens is 5. The maximum absolute atomic E-state index is 13.3. The molecule has 13 nitrogen and oxygen atoms in total. The minimum absolute atomic E-state index is 0.0216. The van der Waals surface area contributed by atoms with Gasteiger partial charge in [-0.1, -0.05) is 0 Å². The average Bonchev–Trinajstić information content (AvgIpc) is 3.53. The molecule has 0 saturated carbocycles. The van der Waals surface area contributed by atoms with Crippen molar-refractivity contribution in [2.75, 3.05) is 24.5 Å². The van der Waals surface area contributed by atoms with Crippen LogP contribution in [0.25, 0.3) is 11.4 Å². The van der Waals surface area contributed by atoms with Crippen LogP contribution in [-0.2, 0) is 26.5 Å². The number of H-pyrrole nitrogens is 1. The van der Waals surface area contributed by atoms with Crippen LogP contribution in [0.3, 0.4) is 0 Å². The second-order valence-corrected chi connectivity index (χ2v) is 10.9. The largest absolute Gasteiger partial charge is 0.339 e. The minimum Gasteiger partial charge on any atom is -0.339 e. The van der Waals surface area contributed by atoms with Crippen molar-refractivity contribution >= 4 is 31.4 Å². The molecule has 5 rings (SSSR count). The van der Waals surface area contributed by atoms with Gasteiger partial charge in [0.1, 0.15) is 9.79 Å². The van der Waals surface area contributed by atoms with Gasteiger partial charge in [0.25, 0.3) is 0 Å². The molecule has 2 aliphatic rings. The van der Waals surface area contributed by atoms with E-state index in [2.05, 4.69) is 35.6 Å². The van der Waals surface area contributed by atoms with Crippen LogP contribution < -0.4 is 20.1 Å². The number of nitrogens with one attached hydrogen (secondary N) is 3. The van der Waals surface area contributed by atoms with Crippen LogP contribution in [0.4, 0.5) is 11.4 Å². The molecule has 15 heteroatoms. The van der Waals surface area contributed by atoms with Crippen molar-refractivity contribution < 1.29 is 16.8 Å². The van der Waals surface area contributed by atoms with Crippen LogP contribution in [0.15, 0.2) is 40.3 Å². The van der Waals surface area contributed by atoms with Gasteiger partial charge < -0.3 is 10.2 Å². The number of primary sulfonamides is 1. The van der Waals surface area contributed by atoms with E-state index in [1.807, 2.05) is 11.0 Å². The highest BCUT2D eigenvalue weighted by atomic mass is 32.2. The van der Waals surface area contributed by atoms with E-state index in [-0.39, 0.29) is 17.4 Å². The van der Waals surface area contributed by atoms with E-state index in [0.717, 1.165) is 11.4 Å². The third-order valence-corrected chi connectivity index (χ3v) is 8.34. The number of tetrazole rings is 1. The highest BCUT2D eigenvalue weighted by molar-refractivity contribution is 7.92. The summed E-state index contributed by atoms with van der Waals surface area (Å²) >= 11 is 0. The number of sulfonamides is 2. The molecule has 1 aromatic carbocycles. The van der Waals surface area contributed by atoms with Crippen molar-refractivity contribution in [2.45, 2.75) is 28.7 Å². The molecule has 2 aromatic heterocycles. The van der Waals surface area contributed by atoms with Gasteiger partial charge in [-0.3, -0.25) is 4.98 Å². The summed E-state index contributed by atoms with van der Waals surface area (Å²) < 4.78 is 54.7. The first-order valence-electron chi connectivity index (χ1n) is 10.1. The minimum atomic E-state index is -4.53. The Bertz CT molecular complexity index is 1400. The van der Waals surface area contributed by atoms with E-state index in [1.165, 1.54) is 12.1 Å². The molecule has 1 saturated heterocycles. The first-order valence-corrected chi connectivity index (χ1v) is 13.2. The summed E-state index contributed by atoms with van der Waals surface area (Å²) in [5.41, 5.74) is 1.98. The summed E-state index contributed by atoms with van der Waals surface area (Å²) in [6, 6.07) is 6.05. The molecule has 174 valence electrons. The van der Waals surface area contributed by atoms with Crippen molar-refractivity contribution in [3.8, 4) is 11.4 Å². The van der Waals surface area contributed by atoms with Gasteiger partial charge in [-0.25, -0.2) is 31.8 Å². The molecule has 0 aliphatic carbocycles. The molecular weight excluding hydrogens is 470 g/mol. The quantitative estimate of drug-likeness (QED) is 0.341. The zero-order chi connectivity index (χ0) is 23.2. The lowest BCUT2D eigenvalue weighted by Gasteiger charge is -2.24. The topological polar surface area (TPSA) is 189 Å². The number of nitrogens with two attached hydrogens (primary N) is 1. The summed E-state index contributed by atoms with van der Waals surface area (Å²) in [6.07, 6.45) is 2.89. The molecule has 1 atom stereocenters. The normalized spacial score (nSPS) is 18.6. The van der Waals surface area contributed by atoms with Gasteiger partial charge in [0.2, 0.25) is 20.0 Å². The number of rotatable bonds is 6. The molecule has 33 heavy (non-hydrogen) atoms. The van der Waals surface area contributed by atoms with Crippen LogP contribution in [0.2, 0.25) is 0 Å². The Labute approximate surface area is 189 Å². The maximum Gasteiger partial charge on any atom is 0.242 e.